The highest BCUT2D eigenvalue weighted by atomic mass is 15.0. The topological polar surface area (TPSA) is 77.3 Å². The first-order valence-corrected chi connectivity index (χ1v) is 34.0. The van der Waals surface area contributed by atoms with Gasteiger partial charge in [-0.05, 0) is 159 Å². The predicted molar refractivity (Wildman–Crippen MR) is 397 cm³/mol. The summed E-state index contributed by atoms with van der Waals surface area (Å²) >= 11 is 0. The molecule has 0 radical (unpaired) electrons. The Morgan fingerprint density at radius 3 is 0.857 bits per heavy atom. The van der Waals surface area contributed by atoms with Crippen molar-refractivity contribution in [3.63, 3.8) is 0 Å². The van der Waals surface area contributed by atoms with Gasteiger partial charge < -0.3 is 0 Å². The maximum atomic E-state index is 5.23. The van der Waals surface area contributed by atoms with Crippen LogP contribution in [0.15, 0.2) is 303 Å². The second-order valence-electron chi connectivity index (χ2n) is 27.7. The number of benzene rings is 13. The minimum absolute atomic E-state index is 0.0954. The average molecular weight is 1250 g/mol. The van der Waals surface area contributed by atoms with Gasteiger partial charge in [-0.15, -0.1) is 0 Å². The maximum absolute atomic E-state index is 5.23. The fourth-order valence-electron chi connectivity index (χ4n) is 16.3. The Hall–Kier alpha value is -12.1. The molecule has 98 heavy (non-hydrogen) atoms. The zero-order valence-electron chi connectivity index (χ0n) is 54.7. The van der Waals surface area contributed by atoms with Gasteiger partial charge in [0.15, 0.2) is 34.9 Å². The monoisotopic (exact) mass is 1250 g/mol. The summed E-state index contributed by atoms with van der Waals surface area (Å²) in [7, 11) is 0. The summed E-state index contributed by atoms with van der Waals surface area (Å²) in [5, 5.41) is 0. The Morgan fingerprint density at radius 2 is 0.449 bits per heavy atom. The third-order valence-electron chi connectivity index (χ3n) is 21.4. The van der Waals surface area contributed by atoms with Crippen molar-refractivity contribution in [2.75, 3.05) is 0 Å². The zero-order valence-corrected chi connectivity index (χ0v) is 54.7. The van der Waals surface area contributed by atoms with Crippen LogP contribution in [-0.2, 0) is 10.8 Å². The van der Waals surface area contributed by atoms with E-state index >= 15 is 0 Å². The van der Waals surface area contributed by atoms with E-state index in [9.17, 15) is 0 Å². The van der Waals surface area contributed by atoms with Gasteiger partial charge in [0.05, 0.1) is 0 Å². The fourth-order valence-corrected chi connectivity index (χ4v) is 16.3. The van der Waals surface area contributed by atoms with E-state index in [-0.39, 0.29) is 22.7 Å². The fraction of sp³-hybridized carbons (Fsp3) is 0.0870. The lowest BCUT2D eigenvalue weighted by molar-refractivity contribution is 0.660. The smallest absolute Gasteiger partial charge is 0.164 e. The van der Waals surface area contributed by atoms with E-state index < -0.39 is 0 Å². The average Bonchev–Trinajstić information content (AvgIpc) is 1.00. The van der Waals surface area contributed by atoms with E-state index in [0.717, 1.165) is 55.6 Å². The van der Waals surface area contributed by atoms with Gasteiger partial charge in [-0.3, -0.25) is 0 Å². The van der Waals surface area contributed by atoms with Crippen molar-refractivity contribution in [3.8, 4) is 135 Å². The van der Waals surface area contributed by atoms with Crippen LogP contribution in [0.3, 0.4) is 0 Å². The van der Waals surface area contributed by atoms with Crippen molar-refractivity contribution >= 4 is 0 Å². The molecule has 6 heteroatoms. The van der Waals surface area contributed by atoms with Crippen LogP contribution in [0.4, 0.5) is 0 Å². The molecule has 2 heterocycles. The Bertz CT molecular complexity index is 5400. The summed E-state index contributed by atoms with van der Waals surface area (Å²) in [6, 6.07) is 110. The predicted octanol–water partition coefficient (Wildman–Crippen LogP) is 22.3. The number of aromatic nitrogens is 6. The molecule has 15 aromatic rings. The number of hydrogen-bond acceptors (Lipinski definition) is 6. The summed E-state index contributed by atoms with van der Waals surface area (Å²) in [6.07, 6.45) is 0. The van der Waals surface area contributed by atoms with Gasteiger partial charge in [0, 0.05) is 56.0 Å². The van der Waals surface area contributed by atoms with E-state index in [1.165, 1.54) is 100 Å². The highest BCUT2D eigenvalue weighted by molar-refractivity contribution is 5.87. The molecule has 0 spiro atoms. The Balaban J connectivity index is 0.613. The number of nitrogens with zero attached hydrogens (tertiary/aromatic N) is 6. The zero-order chi connectivity index (χ0) is 65.4. The summed E-state index contributed by atoms with van der Waals surface area (Å²) in [4.78, 5) is 31.0. The van der Waals surface area contributed by atoms with Crippen LogP contribution in [0.5, 0.6) is 0 Å². The van der Waals surface area contributed by atoms with Crippen molar-refractivity contribution in [2.24, 2.45) is 0 Å². The molecule has 462 valence electrons. The molecule has 13 aromatic carbocycles. The molecule has 2 unspecified atom stereocenters. The standard InChI is InChI=1S/C92H64N6/c1-91(2)79-31-15-13-27-69(79)71-45-41-65(53-81(71)91)61-23-17-25-67(49-61)89-95-85(57-19-7-5-8-20-57)93-87(97-89)59-37-33-55(34-38-59)63-43-47-75-77(51-63)83-73-29-11-12-30-74(73)84(75)78-52-64(44-48-76(78)83)56-35-39-60(40-36-56)88-94-86(58-21-9-6-10-22-58)96-90(98-88)68-26-18-24-62(50-68)66-42-46-72-70-28-14-16-32-80(70)92(3,4)82(72)54-66/h5-54,83-84H,1-4H3. The van der Waals surface area contributed by atoms with Crippen LogP contribution in [0.25, 0.3) is 135 Å². The van der Waals surface area contributed by atoms with Gasteiger partial charge in [-0.25, -0.2) is 29.9 Å². The molecule has 0 saturated carbocycles. The van der Waals surface area contributed by atoms with Crippen molar-refractivity contribution in [1.82, 2.24) is 29.9 Å². The van der Waals surface area contributed by atoms with E-state index in [1.807, 2.05) is 36.4 Å². The van der Waals surface area contributed by atoms with Crippen LogP contribution in [-0.4, -0.2) is 29.9 Å². The number of hydrogen-bond donors (Lipinski definition) is 0. The summed E-state index contributed by atoms with van der Waals surface area (Å²) in [5.41, 5.74) is 33.5. The lowest BCUT2D eigenvalue weighted by Gasteiger charge is -2.42. The Labute approximate surface area is 570 Å². The van der Waals surface area contributed by atoms with Gasteiger partial charge in [-0.2, -0.15) is 0 Å². The normalized spacial score (nSPS) is 15.1. The van der Waals surface area contributed by atoms with Gasteiger partial charge >= 0.3 is 0 Å². The molecule has 2 atom stereocenters. The summed E-state index contributed by atoms with van der Waals surface area (Å²) in [6.45, 7) is 9.33. The molecule has 5 aliphatic carbocycles. The van der Waals surface area contributed by atoms with E-state index in [0.29, 0.717) is 34.9 Å². The van der Waals surface area contributed by atoms with E-state index in [1.54, 1.807) is 0 Å². The second kappa shape index (κ2) is 22.2. The largest absolute Gasteiger partial charge is 0.208 e. The van der Waals surface area contributed by atoms with Gasteiger partial charge in [0.1, 0.15) is 0 Å². The second-order valence-corrected chi connectivity index (χ2v) is 27.7. The molecular weight excluding hydrogens is 1190 g/mol. The van der Waals surface area contributed by atoms with Crippen LogP contribution in [0.2, 0.25) is 0 Å². The molecule has 20 rings (SSSR count). The number of rotatable bonds is 10. The lowest BCUT2D eigenvalue weighted by Crippen LogP contribution is -2.27. The molecule has 5 aliphatic rings. The summed E-state index contributed by atoms with van der Waals surface area (Å²) < 4.78 is 0. The first-order chi connectivity index (χ1) is 48.0. The first kappa shape index (κ1) is 57.3. The number of fused-ring (bicyclic) bond motifs is 6. The Morgan fingerprint density at radius 1 is 0.184 bits per heavy atom. The minimum Gasteiger partial charge on any atom is -0.208 e. The highest BCUT2D eigenvalue weighted by Gasteiger charge is 2.42. The van der Waals surface area contributed by atoms with Crippen molar-refractivity contribution < 1.29 is 0 Å². The van der Waals surface area contributed by atoms with Crippen molar-refractivity contribution in [2.45, 2.75) is 50.4 Å². The van der Waals surface area contributed by atoms with Crippen LogP contribution in [0, 0.1) is 0 Å². The lowest BCUT2D eigenvalue weighted by atomic mass is 9.60. The van der Waals surface area contributed by atoms with Crippen molar-refractivity contribution in [3.05, 3.63) is 359 Å². The van der Waals surface area contributed by atoms with Gasteiger partial charge in [0.25, 0.3) is 0 Å². The highest BCUT2D eigenvalue weighted by Crippen LogP contribution is 2.57. The quantitative estimate of drug-likeness (QED) is 0.136. The maximum Gasteiger partial charge on any atom is 0.164 e. The van der Waals surface area contributed by atoms with Crippen molar-refractivity contribution in [1.29, 1.82) is 0 Å². The summed E-state index contributed by atoms with van der Waals surface area (Å²) in [5.74, 6) is 3.98. The molecule has 0 saturated heterocycles. The first-order valence-electron chi connectivity index (χ1n) is 34.0. The van der Waals surface area contributed by atoms with Crippen LogP contribution >= 0.6 is 0 Å². The van der Waals surface area contributed by atoms with Gasteiger partial charge in [0.2, 0.25) is 0 Å². The molecule has 0 aliphatic heterocycles. The molecule has 2 aromatic heterocycles. The molecule has 6 nitrogen and oxygen atoms in total. The molecule has 0 N–H and O–H groups in total. The molecule has 0 amide bonds. The molecule has 0 fully saturated rings. The van der Waals surface area contributed by atoms with E-state index in [2.05, 4.69) is 295 Å². The molecular formula is C92H64N6. The third-order valence-corrected chi connectivity index (χ3v) is 21.4. The van der Waals surface area contributed by atoms with Crippen LogP contribution < -0.4 is 0 Å². The van der Waals surface area contributed by atoms with Crippen LogP contribution in [0.1, 0.15) is 95.2 Å². The molecule has 2 bridgehead atoms. The van der Waals surface area contributed by atoms with Gasteiger partial charge in [-0.1, -0.05) is 295 Å². The minimum atomic E-state index is -0.0970. The van der Waals surface area contributed by atoms with E-state index in [4.69, 9.17) is 29.9 Å². The third kappa shape index (κ3) is 9.30. The Kier molecular flexibility index (Phi) is 13.0. The SMILES string of the molecule is CC1(C)c2ccccc2-c2ccc(-c3cccc(-c4nc(-c5ccccc5)nc(-c5ccc(-c6ccc7c(c6)C6c8ccccc8C7c7cc(-c8ccc(-c9nc(-c%10ccccc%10)nc(-c%10cccc(-c%11ccc%12c(c%11)C(C)(C)c%11ccccc%11-%12)c%10)n9)cc8)ccc76)cc5)n4)c3)cc21.